The van der Waals surface area contributed by atoms with E-state index in [0.29, 0.717) is 23.5 Å². The Bertz CT molecular complexity index is 1020. The summed E-state index contributed by atoms with van der Waals surface area (Å²) in [6, 6.07) is 7.57. The highest BCUT2D eigenvalue weighted by Gasteiger charge is 2.20. The van der Waals surface area contributed by atoms with Gasteiger partial charge in [-0.25, -0.2) is 4.98 Å². The highest BCUT2D eigenvalue weighted by Crippen LogP contribution is 2.22. The lowest BCUT2D eigenvalue weighted by molar-refractivity contribution is 0.0784. The van der Waals surface area contributed by atoms with Crippen molar-refractivity contribution in [1.82, 2.24) is 19.4 Å². The minimum atomic E-state index is -0.0310. The molecule has 6 nitrogen and oxygen atoms in total. The van der Waals surface area contributed by atoms with Crippen LogP contribution in [0.1, 0.15) is 40.2 Å². The molecule has 1 amide bonds. The predicted octanol–water partition coefficient (Wildman–Crippen LogP) is 4.09. The fraction of sp³-hybridized carbons (Fsp3) is 0.429. The molecule has 3 heterocycles. The largest absolute Gasteiger partial charge is 0.376 e. The summed E-state index contributed by atoms with van der Waals surface area (Å²) >= 11 is 5.91. The molecule has 0 saturated carbocycles. The first-order chi connectivity index (χ1) is 13.4. The number of imidazole rings is 1. The fourth-order valence-corrected chi connectivity index (χ4v) is 4.16. The number of aryl methyl sites for hydroxylation is 1. The van der Waals surface area contributed by atoms with Crippen molar-refractivity contribution in [3.05, 3.63) is 52.1 Å². The Labute approximate surface area is 169 Å². The SMILES string of the molecule is Cc1cc(CN(C)C(=O)c2ccc3nc(Cl)[nH]c3c2)c(C)n1C[C@H]1CCCO1. The zero-order valence-electron chi connectivity index (χ0n) is 16.5. The average molecular weight is 401 g/mol. The number of halogens is 1. The van der Waals surface area contributed by atoms with Crippen LogP contribution < -0.4 is 0 Å². The number of aromatic amines is 1. The van der Waals surface area contributed by atoms with E-state index in [0.717, 1.165) is 42.6 Å². The van der Waals surface area contributed by atoms with E-state index in [4.69, 9.17) is 16.3 Å². The summed E-state index contributed by atoms with van der Waals surface area (Å²) < 4.78 is 8.10. The second kappa shape index (κ2) is 7.60. The van der Waals surface area contributed by atoms with E-state index in [-0.39, 0.29) is 5.91 Å². The molecule has 1 N–H and O–H groups in total. The average Bonchev–Trinajstić information content (AvgIpc) is 3.36. The summed E-state index contributed by atoms with van der Waals surface area (Å²) in [4.78, 5) is 21.8. The van der Waals surface area contributed by atoms with Gasteiger partial charge in [-0.2, -0.15) is 0 Å². The third-order valence-electron chi connectivity index (χ3n) is 5.54. The molecule has 1 saturated heterocycles. The van der Waals surface area contributed by atoms with E-state index in [1.54, 1.807) is 17.0 Å². The number of ether oxygens (including phenoxy) is 1. The number of carbonyl (C=O) groups is 1. The molecule has 4 rings (SSSR count). The molecule has 3 aromatic rings. The molecule has 1 fully saturated rings. The number of rotatable bonds is 5. The maximum absolute atomic E-state index is 12.9. The number of benzene rings is 1. The highest BCUT2D eigenvalue weighted by atomic mass is 35.5. The summed E-state index contributed by atoms with van der Waals surface area (Å²) in [7, 11) is 1.83. The number of amides is 1. The summed E-state index contributed by atoms with van der Waals surface area (Å²) in [6.07, 6.45) is 2.55. The molecule has 1 atom stereocenters. The molecule has 1 aliphatic heterocycles. The van der Waals surface area contributed by atoms with Crippen molar-refractivity contribution in [2.75, 3.05) is 13.7 Å². The molecule has 1 aliphatic rings. The monoisotopic (exact) mass is 400 g/mol. The topological polar surface area (TPSA) is 63.2 Å². The summed E-state index contributed by atoms with van der Waals surface area (Å²) in [5, 5.41) is 0.326. The molecule has 1 aromatic carbocycles. The van der Waals surface area contributed by atoms with Gasteiger partial charge in [0, 0.05) is 43.7 Å². The van der Waals surface area contributed by atoms with E-state index < -0.39 is 0 Å². The van der Waals surface area contributed by atoms with Crippen molar-refractivity contribution in [2.24, 2.45) is 0 Å². The van der Waals surface area contributed by atoms with Crippen molar-refractivity contribution in [3.8, 4) is 0 Å². The lowest BCUT2D eigenvalue weighted by Crippen LogP contribution is -2.26. The van der Waals surface area contributed by atoms with E-state index in [1.165, 1.54) is 11.4 Å². The minimum Gasteiger partial charge on any atom is -0.376 e. The Morgan fingerprint density at radius 1 is 1.39 bits per heavy atom. The Balaban J connectivity index is 1.50. The molecular weight excluding hydrogens is 376 g/mol. The van der Waals surface area contributed by atoms with Crippen LogP contribution in [-0.2, 0) is 17.8 Å². The second-order valence-electron chi connectivity index (χ2n) is 7.56. The number of hydrogen-bond donors (Lipinski definition) is 1. The highest BCUT2D eigenvalue weighted by molar-refractivity contribution is 6.29. The van der Waals surface area contributed by atoms with E-state index >= 15 is 0 Å². The van der Waals surface area contributed by atoms with Gasteiger partial charge in [0.2, 0.25) is 5.28 Å². The van der Waals surface area contributed by atoms with Gasteiger partial charge in [0.25, 0.3) is 5.91 Å². The maximum Gasteiger partial charge on any atom is 0.253 e. The number of fused-ring (bicyclic) bond motifs is 1. The van der Waals surface area contributed by atoms with Gasteiger partial charge < -0.3 is 19.2 Å². The molecule has 148 valence electrons. The van der Waals surface area contributed by atoms with Gasteiger partial charge in [0.1, 0.15) is 0 Å². The number of nitrogens with one attached hydrogen (secondary N) is 1. The first-order valence-corrected chi connectivity index (χ1v) is 9.98. The van der Waals surface area contributed by atoms with Crippen LogP contribution in [0.3, 0.4) is 0 Å². The van der Waals surface area contributed by atoms with Crippen molar-refractivity contribution in [3.63, 3.8) is 0 Å². The fourth-order valence-electron chi connectivity index (χ4n) is 3.96. The zero-order valence-corrected chi connectivity index (χ0v) is 17.2. The molecule has 0 unspecified atom stereocenters. The standard InChI is InChI=1S/C21H25ClN4O2/c1-13-9-16(14(2)26(13)12-17-5-4-8-28-17)11-25(3)20(27)15-6-7-18-19(10-15)24-21(22)23-18/h6-7,9-10,17H,4-5,8,11-12H2,1-3H3,(H,23,24)/t17-/m1/s1. The lowest BCUT2D eigenvalue weighted by atomic mass is 10.1. The minimum absolute atomic E-state index is 0.0310. The van der Waals surface area contributed by atoms with Gasteiger partial charge in [-0.3, -0.25) is 4.79 Å². The van der Waals surface area contributed by atoms with Gasteiger partial charge in [-0.05, 0) is 68.1 Å². The van der Waals surface area contributed by atoms with Gasteiger partial charge in [-0.15, -0.1) is 0 Å². The van der Waals surface area contributed by atoms with Crippen LogP contribution >= 0.6 is 11.6 Å². The van der Waals surface area contributed by atoms with Gasteiger partial charge in [-0.1, -0.05) is 0 Å². The van der Waals surface area contributed by atoms with Crippen LogP contribution in [0.2, 0.25) is 5.28 Å². The Morgan fingerprint density at radius 3 is 2.96 bits per heavy atom. The van der Waals surface area contributed by atoms with E-state index in [1.807, 2.05) is 13.1 Å². The quantitative estimate of drug-likeness (QED) is 0.701. The van der Waals surface area contributed by atoms with Crippen LogP contribution in [0, 0.1) is 13.8 Å². The molecule has 0 radical (unpaired) electrons. The van der Waals surface area contributed by atoms with Gasteiger partial charge >= 0.3 is 0 Å². The van der Waals surface area contributed by atoms with Crippen LogP contribution in [0.25, 0.3) is 11.0 Å². The zero-order chi connectivity index (χ0) is 19.8. The second-order valence-corrected chi connectivity index (χ2v) is 7.92. The Hall–Kier alpha value is -2.31. The maximum atomic E-state index is 12.9. The number of nitrogens with zero attached hydrogens (tertiary/aromatic N) is 3. The summed E-state index contributed by atoms with van der Waals surface area (Å²) in [5.74, 6) is -0.0310. The number of carbonyl (C=O) groups excluding carboxylic acids is 1. The molecule has 0 bridgehead atoms. The normalized spacial score (nSPS) is 16.8. The van der Waals surface area contributed by atoms with Crippen molar-refractivity contribution >= 4 is 28.5 Å². The van der Waals surface area contributed by atoms with Crippen molar-refractivity contribution in [2.45, 2.75) is 45.9 Å². The van der Waals surface area contributed by atoms with Crippen molar-refractivity contribution in [1.29, 1.82) is 0 Å². The van der Waals surface area contributed by atoms with Gasteiger partial charge in [0.15, 0.2) is 0 Å². The molecule has 0 spiro atoms. The van der Waals surface area contributed by atoms with Crippen LogP contribution in [0.15, 0.2) is 24.3 Å². The third-order valence-corrected chi connectivity index (χ3v) is 5.72. The molecule has 0 aliphatic carbocycles. The van der Waals surface area contributed by atoms with Gasteiger partial charge in [0.05, 0.1) is 17.1 Å². The summed E-state index contributed by atoms with van der Waals surface area (Å²) in [6.45, 7) is 6.54. The van der Waals surface area contributed by atoms with E-state index in [9.17, 15) is 4.79 Å². The first-order valence-electron chi connectivity index (χ1n) is 9.60. The van der Waals surface area contributed by atoms with E-state index in [2.05, 4.69) is 34.4 Å². The van der Waals surface area contributed by atoms with Crippen molar-refractivity contribution < 1.29 is 9.53 Å². The Morgan fingerprint density at radius 2 is 2.21 bits per heavy atom. The molecular formula is C21H25ClN4O2. The Kier molecular flexibility index (Phi) is 5.17. The smallest absolute Gasteiger partial charge is 0.253 e. The molecule has 28 heavy (non-hydrogen) atoms. The number of aromatic nitrogens is 3. The first kappa shape index (κ1) is 19.0. The van der Waals surface area contributed by atoms with Crippen LogP contribution in [-0.4, -0.2) is 45.1 Å². The summed E-state index contributed by atoms with van der Waals surface area (Å²) in [5.41, 5.74) is 5.70. The molecule has 2 aromatic heterocycles. The lowest BCUT2D eigenvalue weighted by Gasteiger charge is -2.18. The van der Waals surface area contributed by atoms with Crippen LogP contribution in [0.4, 0.5) is 0 Å². The molecule has 7 heteroatoms. The number of hydrogen-bond acceptors (Lipinski definition) is 3. The predicted molar refractivity (Wildman–Crippen MR) is 110 cm³/mol. The van der Waals surface area contributed by atoms with Crippen LogP contribution in [0.5, 0.6) is 0 Å². The number of H-pyrrole nitrogens is 1. The third kappa shape index (κ3) is 3.66.